The zero-order valence-corrected chi connectivity index (χ0v) is 12.1. The maximum atomic E-state index is 13.5. The van der Waals surface area contributed by atoms with E-state index in [9.17, 15) is 13.6 Å². The van der Waals surface area contributed by atoms with Crippen molar-refractivity contribution in [1.82, 2.24) is 10.2 Å². The first-order valence-corrected chi connectivity index (χ1v) is 6.94. The number of benzene rings is 1. The van der Waals surface area contributed by atoms with Crippen molar-refractivity contribution in [2.45, 2.75) is 26.2 Å². The van der Waals surface area contributed by atoms with E-state index in [1.807, 2.05) is 6.92 Å². The lowest BCUT2D eigenvalue weighted by atomic mass is 10.2. The van der Waals surface area contributed by atoms with E-state index in [1.165, 1.54) is 18.2 Å². The Kier molecular flexibility index (Phi) is 5.35. The monoisotopic (exact) mass is 306 g/mol. The van der Waals surface area contributed by atoms with Crippen LogP contribution in [0.1, 0.15) is 26.2 Å². The SMILES string of the molecule is CCCCC(=O)Nc1ccc(Nc2c(F)cccc2F)nn1. The summed E-state index contributed by atoms with van der Waals surface area (Å²) in [7, 11) is 0. The Labute approximate surface area is 126 Å². The minimum atomic E-state index is -0.723. The fourth-order valence-corrected chi connectivity index (χ4v) is 1.75. The molecule has 2 N–H and O–H groups in total. The van der Waals surface area contributed by atoms with E-state index in [4.69, 9.17) is 0 Å². The lowest BCUT2D eigenvalue weighted by molar-refractivity contribution is -0.116. The zero-order chi connectivity index (χ0) is 15.9. The van der Waals surface area contributed by atoms with Crippen LogP contribution in [0.3, 0.4) is 0 Å². The number of rotatable bonds is 6. The van der Waals surface area contributed by atoms with Crippen LogP contribution in [-0.4, -0.2) is 16.1 Å². The predicted octanol–water partition coefficient (Wildman–Crippen LogP) is 3.63. The van der Waals surface area contributed by atoms with E-state index in [-0.39, 0.29) is 17.4 Å². The number of hydrogen-bond acceptors (Lipinski definition) is 4. The van der Waals surface area contributed by atoms with Gasteiger partial charge in [0, 0.05) is 6.42 Å². The number of nitrogens with one attached hydrogen (secondary N) is 2. The summed E-state index contributed by atoms with van der Waals surface area (Å²) in [5.41, 5.74) is -0.295. The van der Waals surface area contributed by atoms with Gasteiger partial charge >= 0.3 is 0 Å². The van der Waals surface area contributed by atoms with E-state index in [0.717, 1.165) is 25.0 Å². The second-order valence-electron chi connectivity index (χ2n) is 4.68. The molecular formula is C15H16F2N4O. The first kappa shape index (κ1) is 15.8. The fourth-order valence-electron chi connectivity index (χ4n) is 1.75. The lowest BCUT2D eigenvalue weighted by Gasteiger charge is -2.08. The zero-order valence-electron chi connectivity index (χ0n) is 12.1. The normalized spacial score (nSPS) is 10.3. The van der Waals surface area contributed by atoms with Gasteiger partial charge in [0.25, 0.3) is 0 Å². The first-order valence-electron chi connectivity index (χ1n) is 6.94. The predicted molar refractivity (Wildman–Crippen MR) is 79.8 cm³/mol. The number of aromatic nitrogens is 2. The van der Waals surface area contributed by atoms with Crippen LogP contribution in [0.15, 0.2) is 30.3 Å². The maximum absolute atomic E-state index is 13.5. The number of hydrogen-bond donors (Lipinski definition) is 2. The second-order valence-corrected chi connectivity index (χ2v) is 4.68. The van der Waals surface area contributed by atoms with Crippen LogP contribution in [0.5, 0.6) is 0 Å². The Morgan fingerprint density at radius 3 is 2.32 bits per heavy atom. The number of nitrogens with zero attached hydrogens (tertiary/aromatic N) is 2. The van der Waals surface area contributed by atoms with Gasteiger partial charge in [-0.1, -0.05) is 19.4 Å². The van der Waals surface area contributed by atoms with E-state index in [0.29, 0.717) is 12.2 Å². The van der Waals surface area contributed by atoms with E-state index >= 15 is 0 Å². The Morgan fingerprint density at radius 2 is 1.73 bits per heavy atom. The quantitative estimate of drug-likeness (QED) is 0.855. The summed E-state index contributed by atoms with van der Waals surface area (Å²) in [5, 5.41) is 12.7. The highest BCUT2D eigenvalue weighted by Gasteiger charge is 2.09. The molecule has 0 radical (unpaired) electrons. The van der Waals surface area contributed by atoms with Gasteiger partial charge in [-0.05, 0) is 30.7 Å². The molecule has 0 unspecified atom stereocenters. The number of halogens is 2. The summed E-state index contributed by atoms with van der Waals surface area (Å²) < 4.78 is 27.0. The van der Waals surface area contributed by atoms with Crippen LogP contribution in [0.4, 0.5) is 26.1 Å². The van der Waals surface area contributed by atoms with E-state index < -0.39 is 11.6 Å². The van der Waals surface area contributed by atoms with Crippen LogP contribution in [0, 0.1) is 11.6 Å². The fraction of sp³-hybridized carbons (Fsp3) is 0.267. The summed E-state index contributed by atoms with van der Waals surface area (Å²) in [6.07, 6.45) is 2.14. The number of carbonyl (C=O) groups excluding carboxylic acids is 1. The second kappa shape index (κ2) is 7.44. The number of amides is 1. The van der Waals surface area contributed by atoms with Crippen LogP contribution >= 0.6 is 0 Å². The molecule has 1 aromatic heterocycles. The molecule has 0 atom stereocenters. The van der Waals surface area contributed by atoms with Crippen molar-refractivity contribution in [2.24, 2.45) is 0 Å². The molecule has 22 heavy (non-hydrogen) atoms. The van der Waals surface area contributed by atoms with Gasteiger partial charge in [-0.3, -0.25) is 4.79 Å². The Hall–Kier alpha value is -2.57. The molecule has 0 aliphatic rings. The van der Waals surface area contributed by atoms with Crippen molar-refractivity contribution < 1.29 is 13.6 Å². The largest absolute Gasteiger partial charge is 0.334 e. The topological polar surface area (TPSA) is 66.9 Å². The Morgan fingerprint density at radius 1 is 1.09 bits per heavy atom. The van der Waals surface area contributed by atoms with Crippen molar-refractivity contribution in [3.05, 3.63) is 42.0 Å². The first-order chi connectivity index (χ1) is 10.6. The molecule has 0 fully saturated rings. The van der Waals surface area contributed by atoms with Gasteiger partial charge in [0.15, 0.2) is 11.6 Å². The van der Waals surface area contributed by atoms with Crippen molar-refractivity contribution in [3.63, 3.8) is 0 Å². The lowest BCUT2D eigenvalue weighted by Crippen LogP contribution is -2.12. The molecule has 2 rings (SSSR count). The number of anilines is 3. The highest BCUT2D eigenvalue weighted by Crippen LogP contribution is 2.21. The smallest absolute Gasteiger partial charge is 0.225 e. The Balaban J connectivity index is 2.02. The third-order valence-electron chi connectivity index (χ3n) is 2.91. The summed E-state index contributed by atoms with van der Waals surface area (Å²) in [6, 6.07) is 6.55. The maximum Gasteiger partial charge on any atom is 0.225 e. The molecule has 1 aromatic carbocycles. The van der Waals surface area contributed by atoms with Crippen molar-refractivity contribution in [2.75, 3.05) is 10.6 Å². The standard InChI is InChI=1S/C15H16F2N4O/c1-2-3-7-14(22)18-12-8-9-13(21-20-12)19-15-10(16)5-4-6-11(15)17/h4-6,8-9H,2-3,7H2,1H3,(H,19,21)(H,18,20,22). The van der Waals surface area contributed by atoms with E-state index in [2.05, 4.69) is 20.8 Å². The molecule has 2 aromatic rings. The van der Waals surface area contributed by atoms with Gasteiger partial charge in [-0.15, -0.1) is 10.2 Å². The van der Waals surface area contributed by atoms with Gasteiger partial charge < -0.3 is 10.6 Å². The van der Waals surface area contributed by atoms with Crippen LogP contribution < -0.4 is 10.6 Å². The molecular weight excluding hydrogens is 290 g/mol. The number of para-hydroxylation sites is 1. The summed E-state index contributed by atoms with van der Waals surface area (Å²) in [6.45, 7) is 2.00. The molecule has 0 aliphatic carbocycles. The third kappa shape index (κ3) is 4.21. The molecule has 1 amide bonds. The number of carbonyl (C=O) groups is 1. The Bertz CT molecular complexity index is 626. The van der Waals surface area contributed by atoms with Crippen molar-refractivity contribution in [3.8, 4) is 0 Å². The minimum Gasteiger partial charge on any atom is -0.334 e. The van der Waals surface area contributed by atoms with Gasteiger partial charge in [0.2, 0.25) is 5.91 Å². The van der Waals surface area contributed by atoms with Crippen molar-refractivity contribution >= 4 is 23.2 Å². The summed E-state index contributed by atoms with van der Waals surface area (Å²) in [5.74, 6) is -1.12. The minimum absolute atomic E-state index is 0.142. The van der Waals surface area contributed by atoms with E-state index in [1.54, 1.807) is 0 Å². The molecule has 0 spiro atoms. The van der Waals surface area contributed by atoms with Crippen LogP contribution in [-0.2, 0) is 4.79 Å². The molecule has 0 bridgehead atoms. The third-order valence-corrected chi connectivity index (χ3v) is 2.91. The van der Waals surface area contributed by atoms with Gasteiger partial charge in [0.1, 0.15) is 17.3 Å². The summed E-state index contributed by atoms with van der Waals surface area (Å²) >= 11 is 0. The average Bonchev–Trinajstić information content (AvgIpc) is 2.51. The molecule has 5 nitrogen and oxygen atoms in total. The average molecular weight is 306 g/mol. The molecule has 116 valence electrons. The molecule has 7 heteroatoms. The number of unbranched alkanes of at least 4 members (excludes halogenated alkanes) is 1. The molecule has 0 aliphatic heterocycles. The van der Waals surface area contributed by atoms with Crippen molar-refractivity contribution in [1.29, 1.82) is 0 Å². The van der Waals surface area contributed by atoms with Crippen LogP contribution in [0.2, 0.25) is 0 Å². The summed E-state index contributed by atoms with van der Waals surface area (Å²) in [4.78, 5) is 11.5. The molecule has 0 saturated carbocycles. The molecule has 0 saturated heterocycles. The van der Waals surface area contributed by atoms with Crippen LogP contribution in [0.25, 0.3) is 0 Å². The highest BCUT2D eigenvalue weighted by atomic mass is 19.1. The van der Waals surface area contributed by atoms with Gasteiger partial charge in [0.05, 0.1) is 0 Å². The van der Waals surface area contributed by atoms with Gasteiger partial charge in [-0.25, -0.2) is 8.78 Å². The highest BCUT2D eigenvalue weighted by molar-refractivity contribution is 5.89. The van der Waals surface area contributed by atoms with Gasteiger partial charge in [-0.2, -0.15) is 0 Å². The molecule has 1 heterocycles.